The Morgan fingerprint density at radius 1 is 1.48 bits per heavy atom. The summed E-state index contributed by atoms with van der Waals surface area (Å²) in [5.41, 5.74) is 1.62. The maximum absolute atomic E-state index is 12.4. The van der Waals surface area contributed by atoms with Crippen molar-refractivity contribution in [3.8, 4) is 0 Å². The van der Waals surface area contributed by atoms with E-state index in [1.54, 1.807) is 32.9 Å². The Kier molecular flexibility index (Phi) is 5.19. The normalized spacial score (nSPS) is 17.7. The van der Waals surface area contributed by atoms with Gasteiger partial charge in [0.25, 0.3) is 0 Å². The molecule has 0 fully saturated rings. The average Bonchev–Trinajstić information content (AvgIpc) is 2.45. The number of ether oxygens (including phenoxy) is 1. The molecule has 124 valence electrons. The number of nitrogens with one attached hydrogen (secondary N) is 2. The molecule has 7 nitrogen and oxygen atoms in total. The third kappa shape index (κ3) is 3.98. The Bertz CT molecular complexity index is 658. The van der Waals surface area contributed by atoms with Crippen LogP contribution in [0.15, 0.2) is 35.5 Å². The van der Waals surface area contributed by atoms with Gasteiger partial charge in [-0.3, -0.25) is 5.21 Å². The number of rotatable bonds is 4. The molecule has 0 saturated heterocycles. The Balaban J connectivity index is 2.44. The van der Waals surface area contributed by atoms with E-state index >= 15 is 0 Å². The summed E-state index contributed by atoms with van der Waals surface area (Å²) in [6.07, 6.45) is -0.266. The zero-order valence-electron chi connectivity index (χ0n) is 13.0. The predicted octanol–water partition coefficient (Wildman–Crippen LogP) is 2.12. The smallest absolute Gasteiger partial charge is 0.338 e. The Hall–Kier alpha value is -2.16. The molecular formula is C15H18N3O4S-. The molecule has 0 amide bonds. The van der Waals surface area contributed by atoms with Crippen LogP contribution >= 0.6 is 12.2 Å². The van der Waals surface area contributed by atoms with E-state index in [0.29, 0.717) is 21.9 Å². The molecule has 0 spiro atoms. The number of carbonyl (C=O) groups excluding carboxylic acids is 1. The molecule has 0 aliphatic carbocycles. The number of esters is 1. The van der Waals surface area contributed by atoms with Crippen LogP contribution < -0.4 is 15.9 Å². The molecule has 23 heavy (non-hydrogen) atoms. The van der Waals surface area contributed by atoms with Crippen LogP contribution in [0.25, 0.3) is 0 Å². The van der Waals surface area contributed by atoms with E-state index in [-0.39, 0.29) is 17.0 Å². The Morgan fingerprint density at radius 2 is 2.17 bits per heavy atom. The molecule has 0 aromatic heterocycles. The minimum absolute atomic E-state index is 0.0583. The fourth-order valence-corrected chi connectivity index (χ4v) is 2.59. The van der Waals surface area contributed by atoms with E-state index in [4.69, 9.17) is 22.2 Å². The lowest BCUT2D eigenvalue weighted by Crippen LogP contribution is -2.45. The molecule has 0 bridgehead atoms. The summed E-state index contributed by atoms with van der Waals surface area (Å²) in [7, 11) is 0. The lowest BCUT2D eigenvalue weighted by molar-refractivity contribution is -0.143. The van der Waals surface area contributed by atoms with Gasteiger partial charge in [0.05, 0.1) is 23.4 Å². The maximum atomic E-state index is 12.4. The zero-order valence-corrected chi connectivity index (χ0v) is 13.8. The molecule has 0 saturated carbocycles. The third-order valence-electron chi connectivity index (χ3n) is 3.26. The first-order chi connectivity index (χ1) is 10.8. The van der Waals surface area contributed by atoms with Gasteiger partial charge < -0.3 is 25.8 Å². The van der Waals surface area contributed by atoms with Crippen molar-refractivity contribution in [2.75, 3.05) is 5.23 Å². The van der Waals surface area contributed by atoms with Crippen LogP contribution in [-0.4, -0.2) is 22.4 Å². The number of hydrogen-bond acceptors (Lipinski definition) is 6. The van der Waals surface area contributed by atoms with Crippen molar-refractivity contribution in [3.63, 3.8) is 0 Å². The summed E-state index contributed by atoms with van der Waals surface area (Å²) in [5, 5.41) is 26.2. The molecule has 1 heterocycles. The van der Waals surface area contributed by atoms with Gasteiger partial charge in [0.1, 0.15) is 0 Å². The van der Waals surface area contributed by atoms with Crippen molar-refractivity contribution in [1.82, 2.24) is 10.6 Å². The van der Waals surface area contributed by atoms with E-state index < -0.39 is 12.0 Å². The summed E-state index contributed by atoms with van der Waals surface area (Å²) in [6.45, 7) is 5.25. The van der Waals surface area contributed by atoms with Crippen molar-refractivity contribution in [1.29, 1.82) is 0 Å². The summed E-state index contributed by atoms with van der Waals surface area (Å²) >= 11 is 5.14. The van der Waals surface area contributed by atoms with Crippen LogP contribution in [0.3, 0.4) is 0 Å². The number of benzene rings is 1. The first kappa shape index (κ1) is 17.2. The molecule has 1 unspecified atom stereocenters. The highest BCUT2D eigenvalue weighted by atomic mass is 32.1. The first-order valence-corrected chi connectivity index (χ1v) is 7.45. The standard InChI is InChI=1S/C15H18N3O4S/c1-8(2)22-14(19)12-9(3)16-15(23)17-13(12)10-5-4-6-11(7-10)18(20)21/h4-8,13,20H,1-3H3,(H2,16,17,23)/q-1. The van der Waals surface area contributed by atoms with E-state index in [9.17, 15) is 10.0 Å². The first-order valence-electron chi connectivity index (χ1n) is 7.05. The molecule has 1 aliphatic rings. The van der Waals surface area contributed by atoms with E-state index in [1.165, 1.54) is 12.1 Å². The van der Waals surface area contributed by atoms with Gasteiger partial charge in [-0.1, -0.05) is 12.1 Å². The molecule has 1 atom stereocenters. The van der Waals surface area contributed by atoms with Crippen LogP contribution in [0.2, 0.25) is 0 Å². The number of anilines is 1. The minimum Gasteiger partial charge on any atom is -0.733 e. The van der Waals surface area contributed by atoms with Crippen molar-refractivity contribution in [2.45, 2.75) is 32.9 Å². The molecule has 8 heteroatoms. The van der Waals surface area contributed by atoms with Gasteiger partial charge in [0.2, 0.25) is 0 Å². The second kappa shape index (κ2) is 6.95. The second-order valence-corrected chi connectivity index (χ2v) is 5.80. The minimum atomic E-state index is -0.574. The average molecular weight is 336 g/mol. The van der Waals surface area contributed by atoms with Gasteiger partial charge in [-0.2, -0.15) is 0 Å². The van der Waals surface area contributed by atoms with Crippen molar-refractivity contribution < 1.29 is 14.7 Å². The molecule has 1 aliphatic heterocycles. The predicted molar refractivity (Wildman–Crippen MR) is 89.6 cm³/mol. The van der Waals surface area contributed by atoms with Gasteiger partial charge in [-0.25, -0.2) is 4.79 Å². The van der Waals surface area contributed by atoms with Crippen LogP contribution in [0.1, 0.15) is 32.4 Å². The fourth-order valence-electron chi connectivity index (χ4n) is 2.32. The van der Waals surface area contributed by atoms with Crippen LogP contribution in [0.5, 0.6) is 0 Å². The van der Waals surface area contributed by atoms with E-state index in [0.717, 1.165) is 0 Å². The molecule has 2 rings (SSSR count). The number of nitrogens with zero attached hydrogens (tertiary/aromatic N) is 1. The monoisotopic (exact) mass is 336 g/mol. The molecule has 3 N–H and O–H groups in total. The number of carbonyl (C=O) groups is 1. The zero-order chi connectivity index (χ0) is 17.1. The van der Waals surface area contributed by atoms with Crippen molar-refractivity contribution >= 4 is 29.0 Å². The van der Waals surface area contributed by atoms with Crippen LogP contribution in [0, 0.1) is 5.21 Å². The molecular weight excluding hydrogens is 318 g/mol. The number of thiocarbonyl (C=S) groups is 1. The second-order valence-electron chi connectivity index (χ2n) is 5.39. The highest BCUT2D eigenvalue weighted by Crippen LogP contribution is 2.29. The van der Waals surface area contributed by atoms with Gasteiger partial charge in [0, 0.05) is 5.70 Å². The van der Waals surface area contributed by atoms with Crippen molar-refractivity contribution in [3.05, 3.63) is 46.3 Å². The lowest BCUT2D eigenvalue weighted by Gasteiger charge is -2.31. The summed E-state index contributed by atoms with van der Waals surface area (Å²) in [6, 6.07) is 5.70. The van der Waals surface area contributed by atoms with E-state index in [1.807, 2.05) is 0 Å². The van der Waals surface area contributed by atoms with Crippen LogP contribution in [-0.2, 0) is 9.53 Å². The Labute approximate surface area is 139 Å². The van der Waals surface area contributed by atoms with Gasteiger partial charge in [0.15, 0.2) is 5.11 Å². The molecule has 1 aromatic rings. The third-order valence-corrected chi connectivity index (χ3v) is 3.48. The summed E-state index contributed by atoms with van der Waals surface area (Å²) in [5.74, 6) is -0.474. The van der Waals surface area contributed by atoms with Gasteiger partial charge in [-0.05, 0) is 50.7 Å². The van der Waals surface area contributed by atoms with Crippen LogP contribution in [0.4, 0.5) is 5.69 Å². The van der Waals surface area contributed by atoms with Gasteiger partial charge in [-0.15, -0.1) is 0 Å². The Morgan fingerprint density at radius 3 is 2.78 bits per heavy atom. The molecule has 0 radical (unpaired) electrons. The number of hydrogen-bond donors (Lipinski definition) is 3. The number of allylic oxidation sites excluding steroid dienone is 1. The fraction of sp³-hybridized carbons (Fsp3) is 0.333. The largest absolute Gasteiger partial charge is 0.733 e. The van der Waals surface area contributed by atoms with Gasteiger partial charge >= 0.3 is 5.97 Å². The maximum Gasteiger partial charge on any atom is 0.338 e. The molecule has 1 aromatic carbocycles. The summed E-state index contributed by atoms with van der Waals surface area (Å²) < 4.78 is 5.28. The highest BCUT2D eigenvalue weighted by Gasteiger charge is 2.31. The topological polar surface area (TPSA) is 96.9 Å². The quantitative estimate of drug-likeness (QED) is 0.437. The lowest BCUT2D eigenvalue weighted by atomic mass is 9.95. The van der Waals surface area contributed by atoms with E-state index in [2.05, 4.69) is 10.6 Å². The van der Waals surface area contributed by atoms with Crippen molar-refractivity contribution in [2.24, 2.45) is 0 Å². The highest BCUT2D eigenvalue weighted by molar-refractivity contribution is 7.80. The SMILES string of the molecule is CC1=C(C(=O)OC(C)C)C(c2cccc(N([O-])O)c2)NC(=S)N1. The summed E-state index contributed by atoms with van der Waals surface area (Å²) in [4.78, 5) is 12.4.